The number of allylic oxidation sites excluding steroid dienone is 4. The summed E-state index contributed by atoms with van der Waals surface area (Å²) in [5.74, 6) is 1.03. The Morgan fingerprint density at radius 1 is 0.958 bits per heavy atom. The van der Waals surface area contributed by atoms with Crippen LogP contribution < -0.4 is 4.74 Å². The number of rotatable bonds is 6. The molecule has 2 aromatic rings. The second kappa shape index (κ2) is 8.19. The minimum Gasteiger partial charge on any atom is -0.496 e. The first-order valence-electron chi connectivity index (χ1n) is 8.79. The van der Waals surface area contributed by atoms with Crippen LogP contribution in [0, 0.1) is 13.8 Å². The first kappa shape index (κ1) is 18.3. The van der Waals surface area contributed by atoms with Crippen molar-refractivity contribution in [1.29, 1.82) is 0 Å². The highest BCUT2D eigenvalue weighted by Crippen LogP contribution is 2.36. The molecule has 0 N–H and O–H groups in total. The lowest BCUT2D eigenvalue weighted by Crippen LogP contribution is -1.99. The summed E-state index contributed by atoms with van der Waals surface area (Å²) in [4.78, 5) is 0. The van der Waals surface area contributed by atoms with Gasteiger partial charge in [0.1, 0.15) is 5.75 Å². The number of methoxy groups -OCH3 is 1. The zero-order valence-electron chi connectivity index (χ0n) is 16.0. The SMILES string of the molecule is COc1c(CC=C(C)CCC=C(C)C)c(C)c(C)c2ccccc12. The van der Waals surface area contributed by atoms with Crippen molar-refractivity contribution in [2.45, 2.75) is 53.9 Å². The van der Waals surface area contributed by atoms with Crippen molar-refractivity contribution in [3.8, 4) is 5.75 Å². The van der Waals surface area contributed by atoms with E-state index in [1.54, 1.807) is 7.11 Å². The van der Waals surface area contributed by atoms with Crippen LogP contribution in [0.3, 0.4) is 0 Å². The molecule has 0 aromatic heterocycles. The molecule has 0 aliphatic rings. The Bertz CT molecular complexity index is 774. The van der Waals surface area contributed by atoms with E-state index in [9.17, 15) is 0 Å². The second-order valence-electron chi connectivity index (χ2n) is 6.88. The van der Waals surface area contributed by atoms with Crippen LogP contribution in [0.15, 0.2) is 47.6 Å². The van der Waals surface area contributed by atoms with Crippen LogP contribution in [-0.2, 0) is 6.42 Å². The first-order valence-corrected chi connectivity index (χ1v) is 8.79. The Labute approximate surface area is 147 Å². The molecule has 0 aliphatic heterocycles. The Balaban J connectivity index is 2.35. The number of hydrogen-bond acceptors (Lipinski definition) is 1. The highest BCUT2D eigenvalue weighted by Gasteiger charge is 2.14. The van der Waals surface area contributed by atoms with Crippen molar-refractivity contribution in [3.63, 3.8) is 0 Å². The number of aryl methyl sites for hydroxylation is 1. The standard InChI is InChI=1S/C23H30O/c1-16(2)10-9-11-17(3)14-15-21-19(5)18(4)20-12-7-8-13-22(20)23(21)24-6/h7-8,10,12-14H,9,11,15H2,1-6H3. The van der Waals surface area contributed by atoms with E-state index in [2.05, 4.69) is 71.0 Å². The van der Waals surface area contributed by atoms with Gasteiger partial charge >= 0.3 is 0 Å². The quantitative estimate of drug-likeness (QED) is 0.538. The van der Waals surface area contributed by atoms with Gasteiger partial charge in [0.15, 0.2) is 0 Å². The predicted molar refractivity (Wildman–Crippen MR) is 106 cm³/mol. The van der Waals surface area contributed by atoms with E-state index in [0.29, 0.717) is 0 Å². The maximum Gasteiger partial charge on any atom is 0.130 e. The molecule has 1 nitrogen and oxygen atoms in total. The zero-order chi connectivity index (χ0) is 17.7. The van der Waals surface area contributed by atoms with E-state index in [0.717, 1.165) is 25.0 Å². The third-order valence-electron chi connectivity index (χ3n) is 4.81. The largest absolute Gasteiger partial charge is 0.496 e. The maximum atomic E-state index is 5.80. The van der Waals surface area contributed by atoms with Crippen molar-refractivity contribution >= 4 is 10.8 Å². The summed E-state index contributed by atoms with van der Waals surface area (Å²) in [6, 6.07) is 8.53. The molecule has 0 saturated heterocycles. The second-order valence-corrected chi connectivity index (χ2v) is 6.88. The topological polar surface area (TPSA) is 9.23 Å². The zero-order valence-corrected chi connectivity index (χ0v) is 16.0. The molecular weight excluding hydrogens is 292 g/mol. The van der Waals surface area contributed by atoms with Crippen molar-refractivity contribution in [2.75, 3.05) is 7.11 Å². The molecule has 0 spiro atoms. The third kappa shape index (κ3) is 4.08. The highest BCUT2D eigenvalue weighted by molar-refractivity contribution is 5.93. The van der Waals surface area contributed by atoms with Crippen LogP contribution in [0.1, 0.15) is 50.3 Å². The van der Waals surface area contributed by atoms with E-state index in [4.69, 9.17) is 4.74 Å². The van der Waals surface area contributed by atoms with Gasteiger partial charge in [0.2, 0.25) is 0 Å². The normalized spacial score (nSPS) is 11.7. The summed E-state index contributed by atoms with van der Waals surface area (Å²) in [5.41, 5.74) is 6.86. The van der Waals surface area contributed by atoms with Gasteiger partial charge in [-0.15, -0.1) is 0 Å². The fourth-order valence-corrected chi connectivity index (χ4v) is 3.22. The van der Waals surface area contributed by atoms with E-state index < -0.39 is 0 Å². The smallest absolute Gasteiger partial charge is 0.130 e. The van der Waals surface area contributed by atoms with Crippen molar-refractivity contribution in [2.24, 2.45) is 0 Å². The number of hydrogen-bond donors (Lipinski definition) is 0. The lowest BCUT2D eigenvalue weighted by atomic mass is 9.92. The van der Waals surface area contributed by atoms with Gasteiger partial charge in [0, 0.05) is 10.9 Å². The Hall–Kier alpha value is -2.02. The Morgan fingerprint density at radius 3 is 2.25 bits per heavy atom. The summed E-state index contributed by atoms with van der Waals surface area (Å²) in [6.45, 7) is 11.0. The van der Waals surface area contributed by atoms with E-state index >= 15 is 0 Å². The minimum absolute atomic E-state index is 0.932. The van der Waals surface area contributed by atoms with Crippen molar-refractivity contribution in [3.05, 3.63) is 64.3 Å². The van der Waals surface area contributed by atoms with E-state index in [1.165, 1.54) is 38.6 Å². The van der Waals surface area contributed by atoms with Gasteiger partial charge in [-0.25, -0.2) is 0 Å². The third-order valence-corrected chi connectivity index (χ3v) is 4.81. The van der Waals surface area contributed by atoms with Crippen LogP contribution in [-0.4, -0.2) is 7.11 Å². The summed E-state index contributed by atoms with van der Waals surface area (Å²) in [7, 11) is 1.78. The van der Waals surface area contributed by atoms with Gasteiger partial charge in [-0.1, -0.05) is 47.6 Å². The minimum atomic E-state index is 0.932. The molecule has 0 atom stereocenters. The molecule has 0 heterocycles. The first-order chi connectivity index (χ1) is 11.5. The van der Waals surface area contributed by atoms with E-state index in [-0.39, 0.29) is 0 Å². The van der Waals surface area contributed by atoms with Crippen molar-refractivity contribution in [1.82, 2.24) is 0 Å². The van der Waals surface area contributed by atoms with Gasteiger partial charge < -0.3 is 4.74 Å². The molecular formula is C23H30O. The summed E-state index contributed by atoms with van der Waals surface area (Å²) in [6.07, 6.45) is 7.85. The van der Waals surface area contributed by atoms with Gasteiger partial charge in [0.25, 0.3) is 0 Å². The van der Waals surface area contributed by atoms with Gasteiger partial charge in [0.05, 0.1) is 7.11 Å². The summed E-state index contributed by atoms with van der Waals surface area (Å²) in [5, 5.41) is 2.51. The number of benzene rings is 2. The van der Waals surface area contributed by atoms with Crippen LogP contribution in [0.25, 0.3) is 10.8 Å². The fourth-order valence-electron chi connectivity index (χ4n) is 3.22. The molecule has 0 amide bonds. The van der Waals surface area contributed by atoms with Crippen LogP contribution >= 0.6 is 0 Å². The highest BCUT2D eigenvalue weighted by atomic mass is 16.5. The Kier molecular flexibility index (Phi) is 6.25. The van der Waals surface area contributed by atoms with Gasteiger partial charge in [-0.05, 0) is 70.4 Å². The average Bonchev–Trinajstić information content (AvgIpc) is 2.56. The molecule has 1 heteroatoms. The summed E-state index contributed by atoms with van der Waals surface area (Å²) < 4.78 is 5.80. The molecule has 2 aromatic carbocycles. The molecule has 128 valence electrons. The lowest BCUT2D eigenvalue weighted by Gasteiger charge is -2.17. The lowest BCUT2D eigenvalue weighted by molar-refractivity contribution is 0.415. The average molecular weight is 322 g/mol. The Morgan fingerprint density at radius 2 is 1.62 bits per heavy atom. The van der Waals surface area contributed by atoms with Gasteiger partial charge in [-0.3, -0.25) is 0 Å². The monoisotopic (exact) mass is 322 g/mol. The fraction of sp³-hybridized carbons (Fsp3) is 0.391. The molecule has 0 saturated carbocycles. The molecule has 2 rings (SSSR count). The van der Waals surface area contributed by atoms with Gasteiger partial charge in [-0.2, -0.15) is 0 Å². The van der Waals surface area contributed by atoms with Crippen LogP contribution in [0.5, 0.6) is 5.75 Å². The molecule has 24 heavy (non-hydrogen) atoms. The number of ether oxygens (including phenoxy) is 1. The summed E-state index contributed by atoms with van der Waals surface area (Å²) >= 11 is 0. The number of fused-ring (bicyclic) bond motifs is 1. The van der Waals surface area contributed by atoms with Crippen LogP contribution in [0.4, 0.5) is 0 Å². The van der Waals surface area contributed by atoms with Crippen molar-refractivity contribution < 1.29 is 4.74 Å². The predicted octanol–water partition coefficient (Wildman–Crippen LogP) is 6.70. The maximum absolute atomic E-state index is 5.80. The molecule has 0 bridgehead atoms. The molecule has 0 fully saturated rings. The molecule has 0 unspecified atom stereocenters. The van der Waals surface area contributed by atoms with Crippen LogP contribution in [0.2, 0.25) is 0 Å². The molecule has 0 radical (unpaired) electrons. The van der Waals surface area contributed by atoms with E-state index in [1.807, 2.05) is 0 Å². The molecule has 0 aliphatic carbocycles.